The molecule has 0 amide bonds. The predicted molar refractivity (Wildman–Crippen MR) is 81.9 cm³/mol. The molecule has 98 valence electrons. The minimum atomic E-state index is 0. The Morgan fingerprint density at radius 1 is 1.47 bits per heavy atom. The lowest BCUT2D eigenvalue weighted by molar-refractivity contribution is 0.563. The number of aliphatic imine (C=N–C) groups is 1. The van der Waals surface area contributed by atoms with Gasteiger partial charge in [-0.25, -0.2) is 0 Å². The fourth-order valence-corrected chi connectivity index (χ4v) is 1.36. The van der Waals surface area contributed by atoms with Crippen LogP contribution in [0.3, 0.4) is 0 Å². The van der Waals surface area contributed by atoms with E-state index in [0.717, 1.165) is 32.0 Å². The van der Waals surface area contributed by atoms with Crippen molar-refractivity contribution in [2.45, 2.75) is 19.9 Å². The van der Waals surface area contributed by atoms with Gasteiger partial charge >= 0.3 is 0 Å². The van der Waals surface area contributed by atoms with Gasteiger partial charge in [0.2, 0.25) is 0 Å². The van der Waals surface area contributed by atoms with Gasteiger partial charge in [-0.1, -0.05) is 0 Å². The summed E-state index contributed by atoms with van der Waals surface area (Å²) in [4.78, 5) is 6.50. The Hall–Kier alpha value is -0.790. The van der Waals surface area contributed by atoms with Gasteiger partial charge in [0.05, 0.1) is 0 Å². The van der Waals surface area contributed by atoms with E-state index in [-0.39, 0.29) is 24.0 Å². The van der Waals surface area contributed by atoms with E-state index in [2.05, 4.69) is 22.3 Å². The van der Waals surface area contributed by atoms with Crippen molar-refractivity contribution in [2.75, 3.05) is 27.2 Å². The monoisotopic (exact) mass is 351 g/mol. The van der Waals surface area contributed by atoms with Crippen molar-refractivity contribution in [3.8, 4) is 0 Å². The van der Waals surface area contributed by atoms with Gasteiger partial charge in [0, 0.05) is 46.1 Å². The van der Waals surface area contributed by atoms with E-state index in [1.165, 1.54) is 0 Å². The molecule has 0 aromatic carbocycles. The first-order chi connectivity index (χ1) is 7.74. The van der Waals surface area contributed by atoms with Gasteiger partial charge in [-0.15, -0.1) is 24.0 Å². The molecular formula is C11H22IN5. The van der Waals surface area contributed by atoms with Crippen LogP contribution in [0.25, 0.3) is 0 Å². The molecule has 0 unspecified atom stereocenters. The Morgan fingerprint density at radius 2 is 2.24 bits per heavy atom. The normalized spacial score (nSPS) is 10.9. The number of aryl methyl sites for hydroxylation is 1. The molecule has 1 heterocycles. The topological polar surface area (TPSA) is 45.5 Å². The molecule has 1 aromatic heterocycles. The van der Waals surface area contributed by atoms with E-state index in [0.29, 0.717) is 0 Å². The highest BCUT2D eigenvalue weighted by Gasteiger charge is 1.98. The van der Waals surface area contributed by atoms with E-state index in [1.807, 2.05) is 35.9 Å². The Balaban J connectivity index is 0.00000256. The molecule has 0 saturated carbocycles. The van der Waals surface area contributed by atoms with E-state index in [4.69, 9.17) is 0 Å². The average Bonchev–Trinajstić information content (AvgIpc) is 2.75. The highest BCUT2D eigenvalue weighted by molar-refractivity contribution is 14.0. The van der Waals surface area contributed by atoms with E-state index < -0.39 is 0 Å². The van der Waals surface area contributed by atoms with Gasteiger partial charge in [0.1, 0.15) is 0 Å². The summed E-state index contributed by atoms with van der Waals surface area (Å²) in [6.07, 6.45) is 4.78. The smallest absolute Gasteiger partial charge is 0.193 e. The molecule has 1 rings (SSSR count). The molecular weight excluding hydrogens is 329 g/mol. The second-order valence-electron chi connectivity index (χ2n) is 3.75. The summed E-state index contributed by atoms with van der Waals surface area (Å²) in [7, 11) is 3.99. The lowest BCUT2D eigenvalue weighted by Gasteiger charge is -2.16. The number of rotatable bonds is 5. The minimum absolute atomic E-state index is 0. The zero-order valence-electron chi connectivity index (χ0n) is 10.8. The summed E-state index contributed by atoms with van der Waals surface area (Å²) in [5, 5.41) is 7.38. The second kappa shape index (κ2) is 9.26. The van der Waals surface area contributed by atoms with Gasteiger partial charge < -0.3 is 10.2 Å². The van der Waals surface area contributed by atoms with Crippen molar-refractivity contribution in [2.24, 2.45) is 4.99 Å². The number of hydrogen-bond donors (Lipinski definition) is 1. The lowest BCUT2D eigenvalue weighted by atomic mass is 10.4. The van der Waals surface area contributed by atoms with Crippen LogP contribution in [0.1, 0.15) is 13.3 Å². The third kappa shape index (κ3) is 6.50. The van der Waals surface area contributed by atoms with Crippen molar-refractivity contribution in [1.29, 1.82) is 0 Å². The van der Waals surface area contributed by atoms with Crippen LogP contribution in [0.4, 0.5) is 0 Å². The molecule has 6 heteroatoms. The van der Waals surface area contributed by atoms with Gasteiger partial charge in [0.25, 0.3) is 0 Å². The summed E-state index contributed by atoms with van der Waals surface area (Å²) in [6.45, 7) is 4.71. The third-order valence-electron chi connectivity index (χ3n) is 2.12. The molecule has 0 spiro atoms. The second-order valence-corrected chi connectivity index (χ2v) is 3.75. The van der Waals surface area contributed by atoms with Crippen LogP contribution in [-0.2, 0) is 6.54 Å². The third-order valence-corrected chi connectivity index (χ3v) is 2.12. The summed E-state index contributed by atoms with van der Waals surface area (Å²) >= 11 is 0. The molecule has 0 fully saturated rings. The Kier molecular flexibility index (Phi) is 8.83. The fraction of sp³-hybridized carbons (Fsp3) is 0.636. The highest BCUT2D eigenvalue weighted by atomic mass is 127. The summed E-state index contributed by atoms with van der Waals surface area (Å²) < 4.78 is 1.93. The maximum atomic E-state index is 4.50. The van der Waals surface area contributed by atoms with Crippen LogP contribution < -0.4 is 5.32 Å². The Morgan fingerprint density at radius 3 is 2.76 bits per heavy atom. The van der Waals surface area contributed by atoms with Crippen molar-refractivity contribution < 1.29 is 0 Å². The maximum absolute atomic E-state index is 4.50. The molecule has 0 aliphatic heterocycles. The fourth-order valence-electron chi connectivity index (χ4n) is 1.36. The molecule has 17 heavy (non-hydrogen) atoms. The van der Waals surface area contributed by atoms with E-state index in [9.17, 15) is 0 Å². The van der Waals surface area contributed by atoms with Crippen LogP contribution in [0.15, 0.2) is 23.5 Å². The number of hydrogen-bond acceptors (Lipinski definition) is 2. The Labute approximate surface area is 120 Å². The van der Waals surface area contributed by atoms with Gasteiger partial charge in [-0.2, -0.15) is 5.10 Å². The molecule has 0 aliphatic rings. The first-order valence-corrected chi connectivity index (χ1v) is 5.67. The molecule has 0 atom stereocenters. The van der Waals surface area contributed by atoms with Crippen LogP contribution in [0, 0.1) is 0 Å². The zero-order valence-corrected chi connectivity index (χ0v) is 13.1. The van der Waals surface area contributed by atoms with E-state index >= 15 is 0 Å². The standard InChI is InChI=1S/C11H21N5.HI/c1-4-12-11(15(2)3)13-7-5-9-16-10-6-8-14-16;/h6,8,10H,4-5,7,9H2,1-3H3,(H,12,13);1H. The van der Waals surface area contributed by atoms with Crippen LogP contribution in [0.2, 0.25) is 0 Å². The maximum Gasteiger partial charge on any atom is 0.193 e. The molecule has 0 radical (unpaired) electrons. The summed E-state index contributed by atoms with van der Waals surface area (Å²) in [5.41, 5.74) is 0. The zero-order chi connectivity index (χ0) is 11.8. The predicted octanol–water partition coefficient (Wildman–Crippen LogP) is 1.42. The molecule has 0 bridgehead atoms. The summed E-state index contributed by atoms with van der Waals surface area (Å²) in [5.74, 6) is 0.947. The number of nitrogens with zero attached hydrogens (tertiary/aromatic N) is 4. The van der Waals surface area contributed by atoms with Gasteiger partial charge in [-0.3, -0.25) is 9.67 Å². The first-order valence-electron chi connectivity index (χ1n) is 5.67. The largest absolute Gasteiger partial charge is 0.357 e. The molecule has 5 nitrogen and oxygen atoms in total. The number of nitrogens with one attached hydrogen (secondary N) is 1. The molecule has 0 saturated heterocycles. The first kappa shape index (κ1) is 16.2. The molecule has 1 N–H and O–H groups in total. The van der Waals surface area contributed by atoms with Crippen LogP contribution >= 0.6 is 24.0 Å². The quantitative estimate of drug-likeness (QED) is 0.378. The van der Waals surface area contributed by atoms with Crippen molar-refractivity contribution in [3.63, 3.8) is 0 Å². The lowest BCUT2D eigenvalue weighted by Crippen LogP contribution is -2.36. The van der Waals surface area contributed by atoms with Crippen molar-refractivity contribution in [1.82, 2.24) is 20.0 Å². The highest BCUT2D eigenvalue weighted by Crippen LogP contribution is 1.91. The van der Waals surface area contributed by atoms with Gasteiger partial charge in [-0.05, 0) is 19.4 Å². The van der Waals surface area contributed by atoms with Crippen LogP contribution in [-0.4, -0.2) is 47.8 Å². The van der Waals surface area contributed by atoms with Gasteiger partial charge in [0.15, 0.2) is 5.96 Å². The number of halogens is 1. The average molecular weight is 351 g/mol. The summed E-state index contributed by atoms with van der Waals surface area (Å²) in [6, 6.07) is 1.94. The molecule has 0 aliphatic carbocycles. The number of aromatic nitrogens is 2. The Bertz CT molecular complexity index is 308. The minimum Gasteiger partial charge on any atom is -0.357 e. The van der Waals surface area contributed by atoms with E-state index in [1.54, 1.807) is 6.20 Å². The van der Waals surface area contributed by atoms with Crippen molar-refractivity contribution in [3.05, 3.63) is 18.5 Å². The van der Waals surface area contributed by atoms with Crippen LogP contribution in [0.5, 0.6) is 0 Å². The molecule has 1 aromatic rings. The number of guanidine groups is 1. The SMILES string of the molecule is CCNC(=NCCCn1cccn1)N(C)C.I. The van der Waals surface area contributed by atoms with Crippen molar-refractivity contribution >= 4 is 29.9 Å².